The van der Waals surface area contributed by atoms with E-state index in [1.165, 1.54) is 5.76 Å². The maximum absolute atomic E-state index is 5.52. The van der Waals surface area contributed by atoms with Crippen LogP contribution in [0.1, 0.15) is 33.1 Å². The van der Waals surface area contributed by atoms with E-state index >= 15 is 0 Å². The van der Waals surface area contributed by atoms with E-state index in [1.54, 1.807) is 0 Å². The van der Waals surface area contributed by atoms with Crippen molar-refractivity contribution in [2.24, 2.45) is 0 Å². The van der Waals surface area contributed by atoms with Gasteiger partial charge in [-0.05, 0) is 12.5 Å². The van der Waals surface area contributed by atoms with E-state index in [2.05, 4.69) is 19.9 Å². The van der Waals surface area contributed by atoms with Crippen LogP contribution in [0, 0.1) is 0 Å². The Morgan fingerprint density at radius 1 is 1.67 bits per heavy atom. The van der Waals surface area contributed by atoms with E-state index in [9.17, 15) is 0 Å². The zero-order valence-corrected chi connectivity index (χ0v) is 6.18. The summed E-state index contributed by atoms with van der Waals surface area (Å²) in [5.41, 5.74) is 0. The summed E-state index contributed by atoms with van der Waals surface area (Å²) in [5, 5.41) is 0. The third-order valence-electron chi connectivity index (χ3n) is 1.73. The molecule has 0 aliphatic carbocycles. The highest BCUT2D eigenvalue weighted by atomic mass is 16.5. The van der Waals surface area contributed by atoms with Crippen molar-refractivity contribution in [1.82, 2.24) is 0 Å². The molecule has 0 saturated carbocycles. The van der Waals surface area contributed by atoms with Crippen LogP contribution >= 0.6 is 0 Å². The normalized spacial score (nSPS) is 25.6. The number of rotatable bonds is 2. The van der Waals surface area contributed by atoms with Crippen LogP contribution in [0.15, 0.2) is 11.8 Å². The van der Waals surface area contributed by atoms with Gasteiger partial charge < -0.3 is 4.74 Å². The van der Waals surface area contributed by atoms with Gasteiger partial charge in [-0.3, -0.25) is 0 Å². The Labute approximate surface area is 56.7 Å². The fraction of sp³-hybridized carbons (Fsp3) is 0.750. The molecule has 1 atom stereocenters. The summed E-state index contributed by atoms with van der Waals surface area (Å²) in [7, 11) is 0. The second kappa shape index (κ2) is 2.90. The molecule has 1 heteroatoms. The van der Waals surface area contributed by atoms with Gasteiger partial charge in [-0.15, -0.1) is 0 Å². The molecule has 0 N–H and O–H groups in total. The average Bonchev–Trinajstić information content (AvgIpc) is 2.34. The molecule has 0 amide bonds. The molecule has 1 aliphatic heterocycles. The molecule has 0 aromatic heterocycles. The summed E-state index contributed by atoms with van der Waals surface area (Å²) in [4.78, 5) is 0. The van der Waals surface area contributed by atoms with Crippen molar-refractivity contribution in [3.05, 3.63) is 11.8 Å². The molecule has 52 valence electrons. The monoisotopic (exact) mass is 126 g/mol. The van der Waals surface area contributed by atoms with Crippen LogP contribution in [0.5, 0.6) is 0 Å². The first kappa shape index (κ1) is 6.66. The Bertz CT molecular complexity index is 116. The SMILES string of the molecule is CCC1=CCC(CC)O1. The van der Waals surface area contributed by atoms with Gasteiger partial charge in [0.25, 0.3) is 0 Å². The van der Waals surface area contributed by atoms with Crippen LogP contribution in [0.25, 0.3) is 0 Å². The zero-order chi connectivity index (χ0) is 6.69. The standard InChI is InChI=1S/C8H14O/c1-3-7-5-6-8(4-2)9-7/h5,8H,3-4,6H2,1-2H3. The Morgan fingerprint density at radius 3 is 2.78 bits per heavy atom. The molecule has 0 spiro atoms. The largest absolute Gasteiger partial charge is 0.495 e. The number of hydrogen-bond acceptors (Lipinski definition) is 1. The summed E-state index contributed by atoms with van der Waals surface area (Å²) < 4.78 is 5.52. The number of allylic oxidation sites excluding steroid dienone is 1. The molecule has 0 aromatic carbocycles. The predicted molar refractivity (Wildman–Crippen MR) is 38.2 cm³/mol. The molecule has 0 fully saturated rings. The second-order valence-electron chi connectivity index (χ2n) is 2.41. The Morgan fingerprint density at radius 2 is 2.44 bits per heavy atom. The van der Waals surface area contributed by atoms with Gasteiger partial charge in [-0.25, -0.2) is 0 Å². The van der Waals surface area contributed by atoms with E-state index in [1.807, 2.05) is 0 Å². The minimum absolute atomic E-state index is 0.486. The molecule has 1 unspecified atom stereocenters. The van der Waals surface area contributed by atoms with E-state index in [-0.39, 0.29) is 0 Å². The predicted octanol–water partition coefficient (Wildman–Crippen LogP) is 2.48. The zero-order valence-electron chi connectivity index (χ0n) is 6.18. The van der Waals surface area contributed by atoms with Crippen LogP contribution in [-0.4, -0.2) is 6.10 Å². The minimum Gasteiger partial charge on any atom is -0.495 e. The molecule has 0 aromatic rings. The molecule has 1 nitrogen and oxygen atoms in total. The van der Waals surface area contributed by atoms with Crippen molar-refractivity contribution < 1.29 is 4.74 Å². The van der Waals surface area contributed by atoms with Crippen molar-refractivity contribution in [2.75, 3.05) is 0 Å². The van der Waals surface area contributed by atoms with Crippen LogP contribution in [-0.2, 0) is 4.74 Å². The van der Waals surface area contributed by atoms with Crippen molar-refractivity contribution in [3.63, 3.8) is 0 Å². The van der Waals surface area contributed by atoms with Crippen LogP contribution < -0.4 is 0 Å². The molecule has 1 heterocycles. The number of hydrogen-bond donors (Lipinski definition) is 0. The lowest BCUT2D eigenvalue weighted by Crippen LogP contribution is -2.02. The fourth-order valence-corrected chi connectivity index (χ4v) is 1.05. The minimum atomic E-state index is 0.486. The summed E-state index contributed by atoms with van der Waals surface area (Å²) >= 11 is 0. The van der Waals surface area contributed by atoms with Crippen molar-refractivity contribution in [1.29, 1.82) is 0 Å². The molecule has 0 bridgehead atoms. The van der Waals surface area contributed by atoms with E-state index in [4.69, 9.17) is 4.74 Å². The Hall–Kier alpha value is -0.460. The van der Waals surface area contributed by atoms with Gasteiger partial charge in [-0.1, -0.05) is 13.8 Å². The smallest absolute Gasteiger partial charge is 0.101 e. The quantitative estimate of drug-likeness (QED) is 0.552. The first-order valence-corrected chi connectivity index (χ1v) is 3.72. The summed E-state index contributed by atoms with van der Waals surface area (Å²) in [6.45, 7) is 4.29. The van der Waals surface area contributed by atoms with Gasteiger partial charge in [0.1, 0.15) is 6.10 Å². The highest BCUT2D eigenvalue weighted by molar-refractivity contribution is 4.99. The second-order valence-corrected chi connectivity index (χ2v) is 2.41. The highest BCUT2D eigenvalue weighted by Gasteiger charge is 2.13. The van der Waals surface area contributed by atoms with E-state index < -0.39 is 0 Å². The Balaban J connectivity index is 2.31. The van der Waals surface area contributed by atoms with Gasteiger partial charge >= 0.3 is 0 Å². The fourth-order valence-electron chi connectivity index (χ4n) is 1.05. The first-order chi connectivity index (χ1) is 4.36. The number of ether oxygens (including phenoxy) is 1. The summed E-state index contributed by atoms with van der Waals surface area (Å²) in [6.07, 6.45) is 6.00. The molecule has 1 rings (SSSR count). The van der Waals surface area contributed by atoms with Gasteiger partial charge in [0.05, 0.1) is 5.76 Å². The Kier molecular flexibility index (Phi) is 2.15. The molecule has 0 saturated heterocycles. The molecular formula is C8H14O. The third kappa shape index (κ3) is 1.47. The molecular weight excluding hydrogens is 112 g/mol. The first-order valence-electron chi connectivity index (χ1n) is 3.72. The van der Waals surface area contributed by atoms with Gasteiger partial charge in [0.15, 0.2) is 0 Å². The maximum atomic E-state index is 5.52. The molecule has 1 aliphatic rings. The van der Waals surface area contributed by atoms with Gasteiger partial charge in [-0.2, -0.15) is 0 Å². The maximum Gasteiger partial charge on any atom is 0.101 e. The highest BCUT2D eigenvalue weighted by Crippen LogP contribution is 2.20. The average molecular weight is 126 g/mol. The third-order valence-corrected chi connectivity index (χ3v) is 1.73. The lowest BCUT2D eigenvalue weighted by molar-refractivity contribution is 0.135. The van der Waals surface area contributed by atoms with Crippen LogP contribution in [0.3, 0.4) is 0 Å². The van der Waals surface area contributed by atoms with Crippen molar-refractivity contribution in [2.45, 2.75) is 39.2 Å². The van der Waals surface area contributed by atoms with Crippen molar-refractivity contribution >= 4 is 0 Å². The van der Waals surface area contributed by atoms with E-state index in [0.29, 0.717) is 6.10 Å². The lowest BCUT2D eigenvalue weighted by atomic mass is 10.2. The summed E-state index contributed by atoms with van der Waals surface area (Å²) in [5.74, 6) is 1.18. The van der Waals surface area contributed by atoms with Crippen LogP contribution in [0.4, 0.5) is 0 Å². The van der Waals surface area contributed by atoms with Crippen LogP contribution in [0.2, 0.25) is 0 Å². The topological polar surface area (TPSA) is 9.23 Å². The van der Waals surface area contributed by atoms with Crippen molar-refractivity contribution in [3.8, 4) is 0 Å². The molecule has 9 heavy (non-hydrogen) atoms. The molecule has 0 radical (unpaired) electrons. The summed E-state index contributed by atoms with van der Waals surface area (Å²) in [6, 6.07) is 0. The van der Waals surface area contributed by atoms with Gasteiger partial charge in [0, 0.05) is 12.8 Å². The lowest BCUT2D eigenvalue weighted by Gasteiger charge is -2.08. The van der Waals surface area contributed by atoms with E-state index in [0.717, 1.165) is 19.3 Å². The van der Waals surface area contributed by atoms with Gasteiger partial charge in [0.2, 0.25) is 0 Å².